The van der Waals surface area contributed by atoms with Crippen LogP contribution in [0.25, 0.3) is 5.69 Å². The Hall–Kier alpha value is -4.46. The molecule has 2 N–H and O–H groups in total. The topological polar surface area (TPSA) is 85.2 Å². The minimum atomic E-state index is -0.482. The van der Waals surface area contributed by atoms with Crippen LogP contribution in [0.15, 0.2) is 89.9 Å². The maximum atomic E-state index is 13.4. The molecule has 0 bridgehead atoms. The number of ether oxygens (including phenoxy) is 1. The second-order valence-electron chi connectivity index (χ2n) is 7.45. The summed E-state index contributed by atoms with van der Waals surface area (Å²) in [7, 11) is 0. The third kappa shape index (κ3) is 5.29. The van der Waals surface area contributed by atoms with E-state index in [9.17, 15) is 14.0 Å². The van der Waals surface area contributed by atoms with Gasteiger partial charge in [0.25, 0.3) is 11.5 Å². The fourth-order valence-electron chi connectivity index (χ4n) is 3.20. The summed E-state index contributed by atoms with van der Waals surface area (Å²) in [5.41, 5.74) is 1.16. The average molecular weight is 458 g/mol. The monoisotopic (exact) mass is 458 g/mol. The van der Waals surface area contributed by atoms with E-state index in [0.29, 0.717) is 29.2 Å². The molecule has 0 unspecified atom stereocenters. The minimum Gasteiger partial charge on any atom is -0.453 e. The van der Waals surface area contributed by atoms with Gasteiger partial charge in [0.2, 0.25) is 0 Å². The van der Waals surface area contributed by atoms with Crippen molar-refractivity contribution in [3.05, 3.63) is 107 Å². The summed E-state index contributed by atoms with van der Waals surface area (Å²) in [6.45, 7) is 2.58. The maximum absolute atomic E-state index is 13.4. The molecule has 0 radical (unpaired) electrons. The first-order valence-corrected chi connectivity index (χ1v) is 10.8. The molecule has 7 nitrogen and oxygen atoms in total. The number of amides is 1. The van der Waals surface area contributed by atoms with Crippen LogP contribution >= 0.6 is 0 Å². The van der Waals surface area contributed by atoms with Crippen LogP contribution in [0.3, 0.4) is 0 Å². The fraction of sp³-hybridized carbons (Fsp3) is 0.115. The molecule has 1 aromatic heterocycles. The highest BCUT2D eigenvalue weighted by Gasteiger charge is 2.16. The van der Waals surface area contributed by atoms with E-state index in [4.69, 9.17) is 4.74 Å². The Morgan fingerprint density at radius 2 is 1.71 bits per heavy atom. The van der Waals surface area contributed by atoms with Crippen LogP contribution in [0.1, 0.15) is 23.7 Å². The zero-order chi connectivity index (χ0) is 23.9. The summed E-state index contributed by atoms with van der Waals surface area (Å²) in [6.07, 6.45) is 2.27. The molecule has 0 saturated carbocycles. The number of nitrogens with zero attached hydrogens (tertiary/aromatic N) is 2. The van der Waals surface area contributed by atoms with Crippen molar-refractivity contribution in [1.82, 2.24) is 15.1 Å². The molecule has 3 aromatic carbocycles. The van der Waals surface area contributed by atoms with Gasteiger partial charge in [0.1, 0.15) is 11.6 Å². The molecule has 0 saturated heterocycles. The SMILES string of the molecule is CCCNC(=O)c1ccc(Nc2c(Oc3ccccc3)cnn(-c3ccc(F)cc3)c2=O)cc1. The summed E-state index contributed by atoms with van der Waals surface area (Å²) in [5.74, 6) is 0.180. The lowest BCUT2D eigenvalue weighted by Gasteiger charge is -2.15. The number of nitrogens with one attached hydrogen (secondary N) is 2. The third-order valence-corrected chi connectivity index (χ3v) is 4.94. The van der Waals surface area contributed by atoms with E-state index in [1.807, 2.05) is 25.1 Å². The Bertz CT molecular complexity index is 1320. The zero-order valence-electron chi connectivity index (χ0n) is 18.5. The van der Waals surface area contributed by atoms with Crippen molar-refractivity contribution < 1.29 is 13.9 Å². The zero-order valence-corrected chi connectivity index (χ0v) is 18.5. The van der Waals surface area contributed by atoms with Crippen LogP contribution in [0.5, 0.6) is 11.5 Å². The third-order valence-electron chi connectivity index (χ3n) is 4.94. The molecule has 4 rings (SSSR count). The molecule has 8 heteroatoms. The quantitative estimate of drug-likeness (QED) is 0.386. The lowest BCUT2D eigenvalue weighted by molar-refractivity contribution is 0.0953. The van der Waals surface area contributed by atoms with E-state index in [2.05, 4.69) is 15.7 Å². The number of hydrogen-bond acceptors (Lipinski definition) is 5. The number of carbonyl (C=O) groups excluding carboxylic acids is 1. The van der Waals surface area contributed by atoms with Crippen LogP contribution in [0.4, 0.5) is 15.8 Å². The Balaban J connectivity index is 1.69. The summed E-state index contributed by atoms with van der Waals surface area (Å²) in [6, 6.07) is 21.2. The first-order chi connectivity index (χ1) is 16.5. The van der Waals surface area contributed by atoms with Crippen molar-refractivity contribution in [3.63, 3.8) is 0 Å². The molecule has 1 heterocycles. The van der Waals surface area contributed by atoms with E-state index in [0.717, 1.165) is 11.1 Å². The highest BCUT2D eigenvalue weighted by atomic mass is 19.1. The summed E-state index contributed by atoms with van der Waals surface area (Å²) < 4.78 is 20.4. The van der Waals surface area contributed by atoms with Gasteiger partial charge in [0, 0.05) is 17.8 Å². The van der Waals surface area contributed by atoms with Gasteiger partial charge < -0.3 is 15.4 Å². The van der Waals surface area contributed by atoms with Crippen molar-refractivity contribution in [2.45, 2.75) is 13.3 Å². The molecule has 0 aliphatic carbocycles. The number of halogens is 1. The van der Waals surface area contributed by atoms with E-state index in [-0.39, 0.29) is 17.3 Å². The lowest BCUT2D eigenvalue weighted by Crippen LogP contribution is -2.24. The second kappa shape index (κ2) is 10.4. The van der Waals surface area contributed by atoms with Gasteiger partial charge in [-0.3, -0.25) is 9.59 Å². The predicted octanol–water partition coefficient (Wildman–Crippen LogP) is 5.05. The van der Waals surface area contributed by atoms with Crippen molar-refractivity contribution >= 4 is 17.3 Å². The number of aromatic nitrogens is 2. The number of rotatable bonds is 8. The normalized spacial score (nSPS) is 10.5. The van der Waals surface area contributed by atoms with Gasteiger partial charge in [-0.15, -0.1) is 0 Å². The Morgan fingerprint density at radius 1 is 1.00 bits per heavy atom. The highest BCUT2D eigenvalue weighted by molar-refractivity contribution is 5.94. The molecule has 172 valence electrons. The maximum Gasteiger partial charge on any atom is 0.299 e. The number of anilines is 2. The molecule has 0 fully saturated rings. The summed E-state index contributed by atoms with van der Waals surface area (Å²) in [5, 5.41) is 10.1. The predicted molar refractivity (Wildman–Crippen MR) is 129 cm³/mol. The number of hydrogen-bond donors (Lipinski definition) is 2. The second-order valence-corrected chi connectivity index (χ2v) is 7.45. The highest BCUT2D eigenvalue weighted by Crippen LogP contribution is 2.28. The Morgan fingerprint density at radius 3 is 2.38 bits per heavy atom. The molecule has 0 aliphatic heterocycles. The molecule has 34 heavy (non-hydrogen) atoms. The van der Waals surface area contributed by atoms with E-state index >= 15 is 0 Å². The largest absolute Gasteiger partial charge is 0.453 e. The fourth-order valence-corrected chi connectivity index (χ4v) is 3.20. The van der Waals surface area contributed by atoms with Gasteiger partial charge in [-0.05, 0) is 67.1 Å². The Kier molecular flexibility index (Phi) is 6.98. The smallest absolute Gasteiger partial charge is 0.299 e. The van der Waals surface area contributed by atoms with Crippen molar-refractivity contribution in [2.75, 3.05) is 11.9 Å². The number of para-hydroxylation sites is 1. The first-order valence-electron chi connectivity index (χ1n) is 10.8. The minimum absolute atomic E-state index is 0.145. The lowest BCUT2D eigenvalue weighted by atomic mass is 10.2. The van der Waals surface area contributed by atoms with Crippen molar-refractivity contribution in [3.8, 4) is 17.2 Å². The summed E-state index contributed by atoms with van der Waals surface area (Å²) in [4.78, 5) is 25.5. The van der Waals surface area contributed by atoms with Crippen LogP contribution in [-0.2, 0) is 0 Å². The van der Waals surface area contributed by atoms with Gasteiger partial charge in [-0.1, -0.05) is 25.1 Å². The van der Waals surface area contributed by atoms with Crippen molar-refractivity contribution in [1.29, 1.82) is 0 Å². The number of benzene rings is 3. The van der Waals surface area contributed by atoms with E-state index < -0.39 is 11.4 Å². The van der Waals surface area contributed by atoms with Gasteiger partial charge in [0.15, 0.2) is 11.4 Å². The first kappa shape index (κ1) is 22.7. The van der Waals surface area contributed by atoms with Crippen LogP contribution in [0, 0.1) is 5.82 Å². The molecule has 1 amide bonds. The van der Waals surface area contributed by atoms with Gasteiger partial charge in [-0.2, -0.15) is 9.78 Å². The van der Waals surface area contributed by atoms with E-state index in [1.54, 1.807) is 36.4 Å². The van der Waals surface area contributed by atoms with Crippen LogP contribution in [0.2, 0.25) is 0 Å². The molecule has 0 spiro atoms. The molecular weight excluding hydrogens is 435 g/mol. The standard InChI is InChI=1S/C26H23FN4O3/c1-2-16-28-25(32)18-8-12-20(13-9-18)30-24-23(34-22-6-4-3-5-7-22)17-29-31(26(24)33)21-14-10-19(27)11-15-21/h3-15,17,30H,2,16H2,1H3,(H,28,32). The summed E-state index contributed by atoms with van der Waals surface area (Å²) >= 11 is 0. The van der Waals surface area contributed by atoms with Crippen LogP contribution in [-0.4, -0.2) is 22.2 Å². The molecule has 0 atom stereocenters. The Labute approximate surface area is 195 Å². The van der Waals surface area contributed by atoms with Crippen molar-refractivity contribution in [2.24, 2.45) is 0 Å². The van der Waals surface area contributed by atoms with Gasteiger partial charge >= 0.3 is 0 Å². The molecular formula is C26H23FN4O3. The van der Waals surface area contributed by atoms with Gasteiger partial charge in [-0.25, -0.2) is 4.39 Å². The molecule has 4 aromatic rings. The number of carbonyl (C=O) groups is 1. The van der Waals surface area contributed by atoms with Crippen LogP contribution < -0.4 is 20.9 Å². The average Bonchev–Trinajstić information content (AvgIpc) is 2.86. The van der Waals surface area contributed by atoms with Gasteiger partial charge in [0.05, 0.1) is 11.9 Å². The molecule has 0 aliphatic rings. The van der Waals surface area contributed by atoms with E-state index in [1.165, 1.54) is 30.5 Å².